The molecule has 3 aromatic rings. The summed E-state index contributed by atoms with van der Waals surface area (Å²) in [6.45, 7) is 10.7. The predicted octanol–water partition coefficient (Wildman–Crippen LogP) is 6.54. The molecule has 7 heteroatoms. The summed E-state index contributed by atoms with van der Waals surface area (Å²) in [5.41, 5.74) is 4.42. The smallest absolute Gasteiger partial charge is 0.340 e. The van der Waals surface area contributed by atoms with Gasteiger partial charge in [0.1, 0.15) is 5.75 Å². The number of hydrogen-bond acceptors (Lipinski definition) is 7. The van der Waals surface area contributed by atoms with Crippen LogP contribution in [0, 0.1) is 6.92 Å². The van der Waals surface area contributed by atoms with Crippen molar-refractivity contribution in [3.8, 4) is 33.2 Å². The average molecular weight is 496 g/mol. The highest BCUT2D eigenvalue weighted by Gasteiger charge is 2.35. The summed E-state index contributed by atoms with van der Waals surface area (Å²) in [6, 6.07) is 10.2. The van der Waals surface area contributed by atoms with Gasteiger partial charge in [-0.3, -0.25) is 0 Å². The minimum atomic E-state index is -0.856. The van der Waals surface area contributed by atoms with Gasteiger partial charge in [0.25, 0.3) is 0 Å². The molecule has 1 atom stereocenters. The number of carbonyl (C=O) groups is 1. The summed E-state index contributed by atoms with van der Waals surface area (Å²) < 4.78 is 23.1. The zero-order valence-electron chi connectivity index (χ0n) is 21.3. The highest BCUT2D eigenvalue weighted by atomic mass is 32.1. The molecule has 0 saturated heterocycles. The van der Waals surface area contributed by atoms with E-state index in [1.54, 1.807) is 24.6 Å². The van der Waals surface area contributed by atoms with Crippen LogP contribution in [0.25, 0.3) is 21.6 Å². The van der Waals surface area contributed by atoms with Gasteiger partial charge in [-0.05, 0) is 82.3 Å². The molecule has 0 amide bonds. The third-order valence-corrected chi connectivity index (χ3v) is 6.94. The van der Waals surface area contributed by atoms with Gasteiger partial charge in [-0.15, -0.1) is 11.3 Å². The topological polar surface area (TPSA) is 66.9 Å². The highest BCUT2D eigenvalue weighted by molar-refractivity contribution is 7.16. The van der Waals surface area contributed by atoms with E-state index in [9.17, 15) is 4.79 Å². The fourth-order valence-corrected chi connectivity index (χ4v) is 5.54. The number of nitrogens with zero attached hydrogens (tertiary/aromatic N) is 1. The fraction of sp³-hybridized carbons (Fsp3) is 0.429. The van der Waals surface area contributed by atoms with Crippen molar-refractivity contribution in [1.82, 2.24) is 4.98 Å². The van der Waals surface area contributed by atoms with Gasteiger partial charge in [0.05, 0.1) is 25.9 Å². The van der Waals surface area contributed by atoms with Crippen LogP contribution in [0.5, 0.6) is 11.6 Å². The number of esters is 1. The van der Waals surface area contributed by atoms with Crippen molar-refractivity contribution in [1.29, 1.82) is 0 Å². The molecule has 35 heavy (non-hydrogen) atoms. The van der Waals surface area contributed by atoms with E-state index in [1.165, 1.54) is 5.56 Å². The normalized spacial score (nSPS) is 14.1. The molecule has 0 fully saturated rings. The maximum atomic E-state index is 13.2. The number of fused-ring (bicyclic) bond motifs is 1. The molecule has 0 aliphatic carbocycles. The third kappa shape index (κ3) is 5.52. The van der Waals surface area contributed by atoms with Gasteiger partial charge in [-0.1, -0.05) is 6.07 Å². The number of hydrogen-bond donors (Lipinski definition) is 0. The summed E-state index contributed by atoms with van der Waals surface area (Å²) >= 11 is 1.63. The largest absolute Gasteiger partial charge is 0.493 e. The maximum Gasteiger partial charge on any atom is 0.340 e. The van der Waals surface area contributed by atoms with E-state index < -0.39 is 11.7 Å². The highest BCUT2D eigenvalue weighted by Crippen LogP contribution is 2.48. The molecular weight excluding hydrogens is 462 g/mol. The lowest BCUT2D eigenvalue weighted by molar-refractivity contribution is -0.166. The molecular formula is C28H33NO5S. The first-order valence-corrected chi connectivity index (χ1v) is 12.8. The van der Waals surface area contributed by atoms with Gasteiger partial charge in [0.15, 0.2) is 6.10 Å². The van der Waals surface area contributed by atoms with Gasteiger partial charge < -0.3 is 18.9 Å². The second-order valence-electron chi connectivity index (χ2n) is 9.50. The minimum absolute atomic E-state index is 0.284. The van der Waals surface area contributed by atoms with Crippen molar-refractivity contribution < 1.29 is 23.7 Å². The summed E-state index contributed by atoms with van der Waals surface area (Å²) in [5, 5.41) is 0. The van der Waals surface area contributed by atoms with Crippen LogP contribution in [0.4, 0.5) is 0 Å². The van der Waals surface area contributed by atoms with Crippen LogP contribution in [0.3, 0.4) is 0 Å². The molecule has 3 heterocycles. The molecule has 1 aliphatic heterocycles. The molecule has 2 aromatic heterocycles. The number of aryl methyl sites for hydroxylation is 2. The van der Waals surface area contributed by atoms with E-state index in [2.05, 4.69) is 17.1 Å². The van der Waals surface area contributed by atoms with Crippen LogP contribution in [0.2, 0.25) is 0 Å². The van der Waals surface area contributed by atoms with Crippen LogP contribution in [-0.2, 0) is 20.7 Å². The number of ether oxygens (including phenoxy) is 4. The van der Waals surface area contributed by atoms with Crippen LogP contribution in [-0.4, -0.2) is 36.9 Å². The molecule has 0 spiro atoms. The van der Waals surface area contributed by atoms with E-state index >= 15 is 0 Å². The Kier molecular flexibility index (Phi) is 7.47. The maximum absolute atomic E-state index is 13.2. The molecule has 0 N–H and O–H groups in total. The molecule has 6 nitrogen and oxygen atoms in total. The van der Waals surface area contributed by atoms with Crippen molar-refractivity contribution in [2.45, 2.75) is 59.2 Å². The Hall–Kier alpha value is -2.90. The zero-order chi connectivity index (χ0) is 25.2. The molecule has 0 saturated carbocycles. The number of thiophene rings is 1. The summed E-state index contributed by atoms with van der Waals surface area (Å²) in [5.74, 6) is 1.08. The van der Waals surface area contributed by atoms with Gasteiger partial charge >= 0.3 is 5.97 Å². The summed E-state index contributed by atoms with van der Waals surface area (Å²) in [6.07, 6.45) is 2.83. The van der Waals surface area contributed by atoms with Crippen molar-refractivity contribution in [2.24, 2.45) is 0 Å². The van der Waals surface area contributed by atoms with Gasteiger partial charge in [-0.25, -0.2) is 9.78 Å². The van der Waals surface area contributed by atoms with E-state index in [0.717, 1.165) is 57.2 Å². The Labute approximate surface area is 211 Å². The lowest BCUT2D eigenvalue weighted by Gasteiger charge is -2.27. The number of methoxy groups -OCH3 is 1. The first-order chi connectivity index (χ1) is 16.7. The lowest BCUT2D eigenvalue weighted by Crippen LogP contribution is -2.29. The predicted molar refractivity (Wildman–Crippen MR) is 138 cm³/mol. The molecule has 1 unspecified atom stereocenters. The standard InChI is InChI=1S/C28H33NO5S/c1-7-32-27(30)25(34-28(3,4)5)23-17(2)35-26(20-12-13-29-22(16-20)31-6)24(23)19-10-11-21-18(15-19)9-8-14-33-21/h10-13,15-16,25H,7-9,14H2,1-6H3. The Morgan fingerprint density at radius 1 is 1.20 bits per heavy atom. The van der Waals surface area contributed by atoms with Crippen LogP contribution >= 0.6 is 11.3 Å². The van der Waals surface area contributed by atoms with E-state index in [-0.39, 0.29) is 12.6 Å². The molecule has 1 aliphatic rings. The van der Waals surface area contributed by atoms with Gasteiger partial charge in [0, 0.05) is 33.1 Å². The van der Waals surface area contributed by atoms with Crippen molar-refractivity contribution >= 4 is 17.3 Å². The Balaban J connectivity index is 1.97. The fourth-order valence-electron chi connectivity index (χ4n) is 4.34. The molecule has 186 valence electrons. The number of pyridine rings is 1. The minimum Gasteiger partial charge on any atom is -0.493 e. The Morgan fingerprint density at radius 3 is 2.71 bits per heavy atom. The number of aromatic nitrogens is 1. The molecule has 0 bridgehead atoms. The SMILES string of the molecule is CCOC(=O)C(OC(C)(C)C)c1c(C)sc(-c2ccnc(OC)c2)c1-c1ccc2c(c1)CCCO2. The Bertz CT molecular complexity index is 1210. The van der Waals surface area contributed by atoms with Crippen LogP contribution in [0.1, 0.15) is 56.2 Å². The number of benzene rings is 1. The first-order valence-electron chi connectivity index (χ1n) is 12.0. The van der Waals surface area contributed by atoms with E-state index in [1.807, 2.05) is 52.8 Å². The molecule has 1 aromatic carbocycles. The molecule has 4 rings (SSSR count). The quantitative estimate of drug-likeness (QED) is 0.347. The van der Waals surface area contributed by atoms with Gasteiger partial charge in [-0.2, -0.15) is 0 Å². The monoisotopic (exact) mass is 495 g/mol. The van der Waals surface area contributed by atoms with Crippen molar-refractivity contribution in [2.75, 3.05) is 20.3 Å². The van der Waals surface area contributed by atoms with Crippen LogP contribution in [0.15, 0.2) is 36.5 Å². The lowest BCUT2D eigenvalue weighted by atomic mass is 9.92. The van der Waals surface area contributed by atoms with E-state index in [4.69, 9.17) is 18.9 Å². The summed E-state index contributed by atoms with van der Waals surface area (Å²) in [7, 11) is 1.61. The molecule has 0 radical (unpaired) electrons. The third-order valence-electron chi connectivity index (χ3n) is 5.77. The van der Waals surface area contributed by atoms with Crippen molar-refractivity contribution in [3.05, 3.63) is 52.5 Å². The second-order valence-corrected chi connectivity index (χ2v) is 10.7. The van der Waals surface area contributed by atoms with Crippen molar-refractivity contribution in [3.63, 3.8) is 0 Å². The van der Waals surface area contributed by atoms with E-state index in [0.29, 0.717) is 5.88 Å². The number of carbonyl (C=O) groups excluding carboxylic acids is 1. The summed E-state index contributed by atoms with van der Waals surface area (Å²) in [4.78, 5) is 19.6. The van der Waals surface area contributed by atoms with Gasteiger partial charge in [0.2, 0.25) is 5.88 Å². The number of rotatable bonds is 7. The average Bonchev–Trinajstić information content (AvgIpc) is 3.18. The zero-order valence-corrected chi connectivity index (χ0v) is 22.1. The second kappa shape index (κ2) is 10.4. The van der Waals surface area contributed by atoms with Crippen LogP contribution < -0.4 is 9.47 Å². The Morgan fingerprint density at radius 2 is 2.00 bits per heavy atom. The first kappa shape index (κ1) is 25.2.